The third kappa shape index (κ3) is 3.97. The highest BCUT2D eigenvalue weighted by atomic mass is 19.1. The topological polar surface area (TPSA) is 24.9 Å². The Labute approximate surface area is 131 Å². The molecule has 2 heterocycles. The molecule has 22 heavy (non-hydrogen) atoms. The van der Waals surface area contributed by atoms with Gasteiger partial charge in [0.25, 0.3) is 0 Å². The summed E-state index contributed by atoms with van der Waals surface area (Å²) >= 11 is 0. The number of benzene rings is 1. The van der Waals surface area contributed by atoms with E-state index in [4.69, 9.17) is 9.47 Å². The molecule has 0 aromatic heterocycles. The van der Waals surface area contributed by atoms with Crippen LogP contribution in [-0.4, -0.2) is 62.8 Å². The first kappa shape index (κ1) is 15.7. The molecule has 0 bridgehead atoms. The zero-order chi connectivity index (χ0) is 15.4. The molecule has 5 heteroatoms. The summed E-state index contributed by atoms with van der Waals surface area (Å²) in [4.78, 5) is 4.90. The lowest BCUT2D eigenvalue weighted by Gasteiger charge is -2.35. The summed E-state index contributed by atoms with van der Waals surface area (Å²) in [6, 6.07) is 4.74. The smallest absolute Gasteiger partial charge is 0.123 e. The molecular weight excluding hydrogens is 283 g/mol. The molecule has 2 aliphatic rings. The lowest BCUT2D eigenvalue weighted by Crippen LogP contribution is -2.47. The molecule has 0 spiro atoms. The van der Waals surface area contributed by atoms with Gasteiger partial charge in [0, 0.05) is 51.4 Å². The number of halogens is 1. The minimum Gasteiger partial charge on any atom is -0.496 e. The standard InChI is InChI=1S/C17H25FN2O2/c1-21-17-3-2-16(18)10-15(17)12-20-7-5-19(6-8-20)11-14-4-9-22-13-14/h2-3,10,14H,4-9,11-13H2,1H3/t14-/m1/s1. The van der Waals surface area contributed by atoms with Crippen LogP contribution >= 0.6 is 0 Å². The third-order valence-corrected chi connectivity index (χ3v) is 4.64. The molecule has 0 N–H and O–H groups in total. The van der Waals surface area contributed by atoms with Crippen molar-refractivity contribution in [1.82, 2.24) is 9.80 Å². The van der Waals surface area contributed by atoms with Crippen LogP contribution in [0, 0.1) is 11.7 Å². The van der Waals surface area contributed by atoms with Crippen molar-refractivity contribution >= 4 is 0 Å². The van der Waals surface area contributed by atoms with E-state index in [1.807, 2.05) is 0 Å². The van der Waals surface area contributed by atoms with E-state index in [0.717, 1.165) is 63.8 Å². The predicted octanol–water partition coefficient (Wildman–Crippen LogP) is 1.99. The molecule has 3 rings (SSSR count). The van der Waals surface area contributed by atoms with E-state index >= 15 is 0 Å². The first-order valence-electron chi connectivity index (χ1n) is 8.09. The first-order chi connectivity index (χ1) is 10.7. The lowest BCUT2D eigenvalue weighted by molar-refractivity contribution is 0.106. The van der Waals surface area contributed by atoms with E-state index in [1.165, 1.54) is 12.5 Å². The van der Waals surface area contributed by atoms with Crippen molar-refractivity contribution < 1.29 is 13.9 Å². The summed E-state index contributed by atoms with van der Waals surface area (Å²) in [5.41, 5.74) is 0.931. The number of piperazine rings is 1. The summed E-state index contributed by atoms with van der Waals surface area (Å²) < 4.78 is 24.2. The van der Waals surface area contributed by atoms with Crippen molar-refractivity contribution in [1.29, 1.82) is 0 Å². The Hall–Kier alpha value is -1.17. The fourth-order valence-corrected chi connectivity index (χ4v) is 3.33. The summed E-state index contributed by atoms with van der Waals surface area (Å²) in [5, 5.41) is 0. The lowest BCUT2D eigenvalue weighted by atomic mass is 10.1. The van der Waals surface area contributed by atoms with E-state index in [9.17, 15) is 4.39 Å². The van der Waals surface area contributed by atoms with Crippen molar-refractivity contribution in [3.8, 4) is 5.75 Å². The van der Waals surface area contributed by atoms with Crippen LogP contribution in [0.4, 0.5) is 4.39 Å². The van der Waals surface area contributed by atoms with Gasteiger partial charge in [-0.25, -0.2) is 4.39 Å². The van der Waals surface area contributed by atoms with Crippen LogP contribution in [0.3, 0.4) is 0 Å². The molecule has 0 radical (unpaired) electrons. The highest BCUT2D eigenvalue weighted by Crippen LogP contribution is 2.22. The number of nitrogens with zero attached hydrogens (tertiary/aromatic N) is 2. The van der Waals surface area contributed by atoms with E-state index in [0.29, 0.717) is 5.92 Å². The van der Waals surface area contributed by atoms with Crippen LogP contribution in [0.1, 0.15) is 12.0 Å². The van der Waals surface area contributed by atoms with Gasteiger partial charge >= 0.3 is 0 Å². The van der Waals surface area contributed by atoms with Gasteiger partial charge in [-0.1, -0.05) is 0 Å². The Kier molecular flexibility index (Phi) is 5.28. The molecular formula is C17H25FN2O2. The van der Waals surface area contributed by atoms with Crippen molar-refractivity contribution in [2.45, 2.75) is 13.0 Å². The molecule has 2 saturated heterocycles. The van der Waals surface area contributed by atoms with Crippen molar-refractivity contribution in [2.24, 2.45) is 5.92 Å². The first-order valence-corrected chi connectivity index (χ1v) is 8.09. The van der Waals surface area contributed by atoms with E-state index in [1.54, 1.807) is 19.2 Å². The molecule has 0 amide bonds. The zero-order valence-electron chi connectivity index (χ0n) is 13.3. The van der Waals surface area contributed by atoms with Crippen LogP contribution in [0.5, 0.6) is 5.75 Å². The van der Waals surface area contributed by atoms with Crippen molar-refractivity contribution in [3.05, 3.63) is 29.6 Å². The largest absolute Gasteiger partial charge is 0.496 e. The second kappa shape index (κ2) is 7.40. The van der Waals surface area contributed by atoms with Gasteiger partial charge in [-0.15, -0.1) is 0 Å². The van der Waals surface area contributed by atoms with Gasteiger partial charge in [0.2, 0.25) is 0 Å². The van der Waals surface area contributed by atoms with Crippen LogP contribution in [0.25, 0.3) is 0 Å². The second-order valence-electron chi connectivity index (χ2n) is 6.26. The summed E-state index contributed by atoms with van der Waals surface area (Å²) in [6.07, 6.45) is 1.20. The minimum atomic E-state index is -0.198. The van der Waals surface area contributed by atoms with Crippen LogP contribution in [-0.2, 0) is 11.3 Å². The Morgan fingerprint density at radius 1 is 1.23 bits per heavy atom. The molecule has 122 valence electrons. The highest BCUT2D eigenvalue weighted by Gasteiger charge is 2.23. The maximum absolute atomic E-state index is 13.4. The maximum Gasteiger partial charge on any atom is 0.123 e. The number of rotatable bonds is 5. The average Bonchev–Trinajstić information content (AvgIpc) is 3.02. The van der Waals surface area contributed by atoms with Gasteiger partial charge < -0.3 is 14.4 Å². The number of hydrogen-bond acceptors (Lipinski definition) is 4. The average molecular weight is 308 g/mol. The van der Waals surface area contributed by atoms with Gasteiger partial charge in [-0.2, -0.15) is 0 Å². The van der Waals surface area contributed by atoms with Crippen molar-refractivity contribution in [2.75, 3.05) is 53.0 Å². The Balaban J connectivity index is 1.50. The van der Waals surface area contributed by atoms with E-state index in [2.05, 4.69) is 9.80 Å². The second-order valence-corrected chi connectivity index (χ2v) is 6.26. The minimum absolute atomic E-state index is 0.198. The molecule has 1 atom stereocenters. The fraction of sp³-hybridized carbons (Fsp3) is 0.647. The maximum atomic E-state index is 13.4. The van der Waals surface area contributed by atoms with E-state index < -0.39 is 0 Å². The quantitative estimate of drug-likeness (QED) is 0.830. The number of hydrogen-bond donors (Lipinski definition) is 0. The SMILES string of the molecule is COc1ccc(F)cc1CN1CCN(C[C@H]2CCOC2)CC1. The monoisotopic (exact) mass is 308 g/mol. The Morgan fingerprint density at radius 3 is 2.68 bits per heavy atom. The van der Waals surface area contributed by atoms with Crippen LogP contribution < -0.4 is 4.74 Å². The molecule has 2 aliphatic heterocycles. The molecule has 1 aromatic carbocycles. The van der Waals surface area contributed by atoms with Crippen molar-refractivity contribution in [3.63, 3.8) is 0 Å². The van der Waals surface area contributed by atoms with Gasteiger partial charge in [0.15, 0.2) is 0 Å². The molecule has 0 aliphatic carbocycles. The predicted molar refractivity (Wildman–Crippen MR) is 83.6 cm³/mol. The molecule has 0 saturated carbocycles. The number of methoxy groups -OCH3 is 1. The fourth-order valence-electron chi connectivity index (χ4n) is 3.33. The third-order valence-electron chi connectivity index (χ3n) is 4.64. The summed E-state index contributed by atoms with van der Waals surface area (Å²) in [5.74, 6) is 1.28. The normalized spacial score (nSPS) is 23.8. The molecule has 0 unspecified atom stereocenters. The van der Waals surface area contributed by atoms with E-state index in [-0.39, 0.29) is 5.82 Å². The molecule has 4 nitrogen and oxygen atoms in total. The number of ether oxygens (including phenoxy) is 2. The van der Waals surface area contributed by atoms with Gasteiger partial charge in [0.05, 0.1) is 13.7 Å². The van der Waals surface area contributed by atoms with Gasteiger partial charge in [-0.3, -0.25) is 4.90 Å². The van der Waals surface area contributed by atoms with Crippen LogP contribution in [0.2, 0.25) is 0 Å². The Morgan fingerprint density at radius 2 is 2.00 bits per heavy atom. The molecule has 1 aromatic rings. The Bertz CT molecular complexity index is 484. The highest BCUT2D eigenvalue weighted by molar-refractivity contribution is 5.33. The summed E-state index contributed by atoms with van der Waals surface area (Å²) in [6.45, 7) is 7.94. The van der Waals surface area contributed by atoms with Gasteiger partial charge in [0.1, 0.15) is 11.6 Å². The summed E-state index contributed by atoms with van der Waals surface area (Å²) in [7, 11) is 1.64. The zero-order valence-corrected chi connectivity index (χ0v) is 13.3. The van der Waals surface area contributed by atoms with Crippen LogP contribution in [0.15, 0.2) is 18.2 Å². The molecule has 2 fully saturated rings. The van der Waals surface area contributed by atoms with Gasteiger partial charge in [-0.05, 0) is 30.5 Å².